The number of rotatable bonds is 4. The monoisotopic (exact) mass is 358 g/mol. The lowest BCUT2D eigenvalue weighted by molar-refractivity contribution is 0.479. The van der Waals surface area contributed by atoms with Gasteiger partial charge in [0.2, 0.25) is 0 Å². The number of alkyl halides is 1. The molecule has 80 valence electrons. The third-order valence-corrected chi connectivity index (χ3v) is 6.46. The van der Waals surface area contributed by atoms with Crippen LogP contribution in [0.3, 0.4) is 0 Å². The smallest absolute Gasteiger partial charge is 0.0843 e. The lowest BCUT2D eigenvalue weighted by Crippen LogP contribution is -2.03. The SMILES string of the molecule is CCC(CC)C(Cl)c1cc(Br)c(Br)s1. The van der Waals surface area contributed by atoms with Crippen molar-refractivity contribution in [3.63, 3.8) is 0 Å². The Labute approximate surface area is 111 Å². The Hall–Kier alpha value is 0.950. The largest absolute Gasteiger partial charge is 0.130 e. The van der Waals surface area contributed by atoms with Crippen molar-refractivity contribution in [2.24, 2.45) is 5.92 Å². The Morgan fingerprint density at radius 2 is 1.93 bits per heavy atom. The van der Waals surface area contributed by atoms with Gasteiger partial charge < -0.3 is 0 Å². The van der Waals surface area contributed by atoms with Crippen LogP contribution in [-0.2, 0) is 0 Å². The molecule has 0 aliphatic carbocycles. The molecule has 1 rings (SSSR count). The van der Waals surface area contributed by atoms with E-state index in [1.54, 1.807) is 11.3 Å². The van der Waals surface area contributed by atoms with Gasteiger partial charge >= 0.3 is 0 Å². The highest BCUT2D eigenvalue weighted by Gasteiger charge is 2.20. The van der Waals surface area contributed by atoms with Crippen LogP contribution < -0.4 is 0 Å². The van der Waals surface area contributed by atoms with E-state index < -0.39 is 0 Å². The Morgan fingerprint density at radius 1 is 1.36 bits per heavy atom. The topological polar surface area (TPSA) is 0 Å². The molecule has 1 aromatic rings. The van der Waals surface area contributed by atoms with Crippen LogP contribution in [-0.4, -0.2) is 0 Å². The molecule has 0 nitrogen and oxygen atoms in total. The van der Waals surface area contributed by atoms with Crippen molar-refractivity contribution in [2.45, 2.75) is 32.1 Å². The first-order valence-corrected chi connectivity index (χ1v) is 7.52. The first kappa shape index (κ1) is 13.0. The highest BCUT2D eigenvalue weighted by Crippen LogP contribution is 2.42. The van der Waals surface area contributed by atoms with Crippen LogP contribution >= 0.6 is 54.8 Å². The Kier molecular flexibility index (Phi) is 5.47. The first-order chi connectivity index (χ1) is 6.60. The summed E-state index contributed by atoms with van der Waals surface area (Å²) < 4.78 is 2.23. The van der Waals surface area contributed by atoms with Crippen LogP contribution in [0.25, 0.3) is 0 Å². The highest BCUT2D eigenvalue weighted by atomic mass is 79.9. The molecule has 0 aliphatic heterocycles. The normalized spacial score (nSPS) is 13.6. The molecule has 0 saturated heterocycles. The van der Waals surface area contributed by atoms with Crippen LogP contribution in [0.2, 0.25) is 0 Å². The van der Waals surface area contributed by atoms with Crippen LogP contribution in [0.4, 0.5) is 0 Å². The van der Waals surface area contributed by atoms with Gasteiger partial charge in [0.25, 0.3) is 0 Å². The molecule has 0 amide bonds. The predicted molar refractivity (Wildman–Crippen MR) is 72.4 cm³/mol. The molecule has 0 saturated carbocycles. The molecule has 0 aromatic carbocycles. The van der Waals surface area contributed by atoms with Crippen molar-refractivity contribution in [2.75, 3.05) is 0 Å². The Balaban J connectivity index is 2.82. The van der Waals surface area contributed by atoms with Gasteiger partial charge in [0, 0.05) is 9.35 Å². The molecule has 1 aromatic heterocycles. The number of hydrogen-bond donors (Lipinski definition) is 0. The predicted octanol–water partition coefficient (Wildman–Crippen LogP) is 5.99. The van der Waals surface area contributed by atoms with E-state index in [2.05, 4.69) is 51.8 Å². The van der Waals surface area contributed by atoms with Gasteiger partial charge in [-0.15, -0.1) is 22.9 Å². The van der Waals surface area contributed by atoms with Crippen molar-refractivity contribution in [3.8, 4) is 0 Å². The Bertz CT molecular complexity index is 275. The second-order valence-corrected chi connectivity index (χ2v) is 6.97. The standard InChI is InChI=1S/C10H13Br2ClS/c1-3-6(4-2)9(13)8-5-7(11)10(12)14-8/h5-6,9H,3-4H2,1-2H3. The average Bonchev–Trinajstić information content (AvgIpc) is 2.49. The maximum Gasteiger partial charge on any atom is 0.0843 e. The second kappa shape index (κ2) is 5.88. The van der Waals surface area contributed by atoms with Gasteiger partial charge in [0.15, 0.2) is 0 Å². The first-order valence-electron chi connectivity index (χ1n) is 4.68. The van der Waals surface area contributed by atoms with Crippen LogP contribution in [0, 0.1) is 5.92 Å². The van der Waals surface area contributed by atoms with Crippen molar-refractivity contribution in [1.29, 1.82) is 0 Å². The fourth-order valence-electron chi connectivity index (χ4n) is 1.43. The minimum atomic E-state index is 0.151. The molecule has 0 aliphatic rings. The van der Waals surface area contributed by atoms with E-state index in [1.165, 1.54) is 4.88 Å². The summed E-state index contributed by atoms with van der Waals surface area (Å²) in [7, 11) is 0. The summed E-state index contributed by atoms with van der Waals surface area (Å²) >= 11 is 15.1. The zero-order chi connectivity index (χ0) is 10.7. The number of thiophene rings is 1. The minimum absolute atomic E-state index is 0.151. The van der Waals surface area contributed by atoms with Crippen molar-refractivity contribution in [3.05, 3.63) is 19.2 Å². The highest BCUT2D eigenvalue weighted by molar-refractivity contribution is 9.13. The summed E-state index contributed by atoms with van der Waals surface area (Å²) in [5.41, 5.74) is 0. The van der Waals surface area contributed by atoms with E-state index in [-0.39, 0.29) is 5.38 Å². The van der Waals surface area contributed by atoms with E-state index in [4.69, 9.17) is 11.6 Å². The fourth-order valence-corrected chi connectivity index (χ4v) is 4.15. The molecule has 1 unspecified atom stereocenters. The van der Waals surface area contributed by atoms with E-state index in [0.29, 0.717) is 5.92 Å². The molecule has 1 heterocycles. The van der Waals surface area contributed by atoms with E-state index in [1.807, 2.05) is 0 Å². The van der Waals surface area contributed by atoms with Gasteiger partial charge in [0.1, 0.15) is 0 Å². The number of halogens is 3. The summed E-state index contributed by atoms with van der Waals surface area (Å²) in [5, 5.41) is 0.151. The van der Waals surface area contributed by atoms with Gasteiger partial charge in [-0.05, 0) is 43.8 Å². The van der Waals surface area contributed by atoms with Crippen molar-refractivity contribution < 1.29 is 0 Å². The van der Waals surface area contributed by atoms with Crippen molar-refractivity contribution >= 4 is 54.8 Å². The Morgan fingerprint density at radius 3 is 2.29 bits per heavy atom. The quantitative estimate of drug-likeness (QED) is 0.579. The summed E-state index contributed by atoms with van der Waals surface area (Å²) in [4.78, 5) is 1.25. The molecule has 0 N–H and O–H groups in total. The molecule has 1 atom stereocenters. The molecule has 0 radical (unpaired) electrons. The summed E-state index contributed by atoms with van der Waals surface area (Å²) in [6.45, 7) is 4.39. The van der Waals surface area contributed by atoms with Crippen molar-refractivity contribution in [1.82, 2.24) is 0 Å². The van der Waals surface area contributed by atoms with Gasteiger partial charge in [-0.2, -0.15) is 0 Å². The number of hydrogen-bond acceptors (Lipinski definition) is 1. The summed E-state index contributed by atoms with van der Waals surface area (Å²) in [6.07, 6.45) is 2.27. The molecular formula is C10H13Br2ClS. The second-order valence-electron chi connectivity index (χ2n) is 3.25. The summed E-state index contributed by atoms with van der Waals surface area (Å²) in [6, 6.07) is 2.12. The summed E-state index contributed by atoms with van der Waals surface area (Å²) in [5.74, 6) is 0.578. The van der Waals surface area contributed by atoms with E-state index in [0.717, 1.165) is 21.1 Å². The van der Waals surface area contributed by atoms with E-state index in [9.17, 15) is 0 Å². The molecule has 0 spiro atoms. The van der Waals surface area contributed by atoms with E-state index >= 15 is 0 Å². The molecular weight excluding hydrogens is 347 g/mol. The zero-order valence-electron chi connectivity index (χ0n) is 8.19. The maximum absolute atomic E-state index is 6.43. The average molecular weight is 361 g/mol. The van der Waals surface area contributed by atoms with Crippen LogP contribution in [0.15, 0.2) is 14.3 Å². The van der Waals surface area contributed by atoms with Gasteiger partial charge in [-0.1, -0.05) is 26.7 Å². The minimum Gasteiger partial charge on any atom is -0.130 e. The lowest BCUT2D eigenvalue weighted by Gasteiger charge is -2.17. The van der Waals surface area contributed by atoms with Crippen LogP contribution in [0.1, 0.15) is 36.9 Å². The third kappa shape index (κ3) is 2.97. The van der Waals surface area contributed by atoms with Gasteiger partial charge in [-0.3, -0.25) is 0 Å². The zero-order valence-corrected chi connectivity index (χ0v) is 12.9. The fraction of sp³-hybridized carbons (Fsp3) is 0.600. The molecule has 14 heavy (non-hydrogen) atoms. The third-order valence-electron chi connectivity index (χ3n) is 2.40. The molecule has 0 bridgehead atoms. The van der Waals surface area contributed by atoms with Gasteiger partial charge in [0.05, 0.1) is 9.16 Å². The van der Waals surface area contributed by atoms with Crippen LogP contribution in [0.5, 0.6) is 0 Å². The molecule has 0 fully saturated rings. The maximum atomic E-state index is 6.43. The lowest BCUT2D eigenvalue weighted by atomic mass is 9.98. The molecule has 4 heteroatoms. The van der Waals surface area contributed by atoms with Gasteiger partial charge in [-0.25, -0.2) is 0 Å².